The Labute approximate surface area is 189 Å². The van der Waals surface area contributed by atoms with Gasteiger partial charge in [-0.3, -0.25) is 9.59 Å². The Morgan fingerprint density at radius 3 is 2.06 bits per heavy atom. The number of carboxylic acids is 1. The van der Waals surface area contributed by atoms with Crippen LogP contribution in [0.25, 0.3) is 28.7 Å². The molecule has 0 amide bonds. The molecule has 0 saturated carbocycles. The molecular weight excluding hydrogens is 430 g/mol. The zero-order valence-electron chi connectivity index (χ0n) is 18.2. The molecule has 0 spiro atoms. The van der Waals surface area contributed by atoms with Gasteiger partial charge < -0.3 is 14.8 Å². The molecular formula is C25H24F2N2O4. The van der Waals surface area contributed by atoms with Gasteiger partial charge >= 0.3 is 5.97 Å². The maximum absolute atomic E-state index is 13.6. The van der Waals surface area contributed by atoms with Crippen molar-refractivity contribution in [3.63, 3.8) is 0 Å². The topological polar surface area (TPSA) is 92.4 Å². The second-order valence-electron chi connectivity index (χ2n) is 7.93. The zero-order chi connectivity index (χ0) is 24.1. The minimum absolute atomic E-state index is 0.0474. The Kier molecular flexibility index (Phi) is 7.50. The maximum Gasteiger partial charge on any atom is 0.310 e. The maximum atomic E-state index is 13.6. The number of aliphatic hydroxyl groups is 1. The van der Waals surface area contributed by atoms with E-state index in [0.29, 0.717) is 28.3 Å². The predicted octanol–water partition coefficient (Wildman–Crippen LogP) is 4.88. The van der Waals surface area contributed by atoms with E-state index in [-0.39, 0.29) is 18.2 Å². The molecule has 1 heterocycles. The summed E-state index contributed by atoms with van der Waals surface area (Å²) >= 11 is 0. The van der Waals surface area contributed by atoms with Gasteiger partial charge in [0.15, 0.2) is 0 Å². The molecule has 0 aliphatic carbocycles. The van der Waals surface area contributed by atoms with E-state index in [1.165, 1.54) is 30.3 Å². The number of Topliss-reactive ketones (excluding diaryl/α,β-unsaturated/α-hetero) is 1. The van der Waals surface area contributed by atoms with Crippen LogP contribution in [0.5, 0.6) is 0 Å². The summed E-state index contributed by atoms with van der Waals surface area (Å²) in [6.45, 7) is 3.87. The molecule has 2 aromatic carbocycles. The monoisotopic (exact) mass is 454 g/mol. The third-order valence-corrected chi connectivity index (χ3v) is 4.93. The number of carbonyl (C=O) groups is 2. The molecule has 1 unspecified atom stereocenters. The lowest BCUT2D eigenvalue weighted by molar-refractivity contribution is -0.140. The van der Waals surface area contributed by atoms with Gasteiger partial charge in [-0.2, -0.15) is 0 Å². The van der Waals surface area contributed by atoms with Crippen LogP contribution in [0.1, 0.15) is 38.4 Å². The highest BCUT2D eigenvalue weighted by Gasteiger charge is 2.21. The molecule has 0 aliphatic rings. The van der Waals surface area contributed by atoms with Crippen LogP contribution in [0.3, 0.4) is 0 Å². The molecule has 1 aromatic heterocycles. The van der Waals surface area contributed by atoms with Crippen LogP contribution in [0.4, 0.5) is 8.78 Å². The van der Waals surface area contributed by atoms with E-state index < -0.39 is 30.1 Å². The van der Waals surface area contributed by atoms with Crippen LogP contribution in [-0.2, 0) is 9.59 Å². The highest BCUT2D eigenvalue weighted by molar-refractivity contribution is 5.95. The molecule has 0 bridgehead atoms. The number of aliphatic hydroxyl groups excluding tert-OH is 1. The van der Waals surface area contributed by atoms with Gasteiger partial charge in [0.2, 0.25) is 0 Å². The quantitative estimate of drug-likeness (QED) is 0.450. The van der Waals surface area contributed by atoms with Gasteiger partial charge in [0.1, 0.15) is 29.7 Å². The van der Waals surface area contributed by atoms with Crippen molar-refractivity contribution in [2.75, 3.05) is 0 Å². The highest BCUT2D eigenvalue weighted by Crippen LogP contribution is 2.35. The number of rotatable bonds is 9. The number of benzene rings is 2. The number of aromatic nitrogens is 2. The molecule has 3 rings (SSSR count). The van der Waals surface area contributed by atoms with Gasteiger partial charge in [0.05, 0.1) is 17.5 Å². The van der Waals surface area contributed by atoms with Crippen LogP contribution in [0.2, 0.25) is 0 Å². The van der Waals surface area contributed by atoms with Crippen molar-refractivity contribution in [2.45, 2.75) is 38.7 Å². The summed E-state index contributed by atoms with van der Waals surface area (Å²) in [6.07, 6.45) is 0.741. The molecule has 0 saturated heterocycles. The molecule has 0 aliphatic heterocycles. The number of ketones is 1. The van der Waals surface area contributed by atoms with Gasteiger partial charge in [-0.05, 0) is 54.6 Å². The Morgan fingerprint density at radius 1 is 1.00 bits per heavy atom. The van der Waals surface area contributed by atoms with E-state index in [2.05, 4.69) is 0 Å². The Hall–Kier alpha value is -3.65. The highest BCUT2D eigenvalue weighted by atomic mass is 19.1. The molecule has 33 heavy (non-hydrogen) atoms. The molecule has 0 fully saturated rings. The first-order valence-electron chi connectivity index (χ1n) is 10.4. The summed E-state index contributed by atoms with van der Waals surface area (Å²) in [4.78, 5) is 27.2. The molecule has 6 nitrogen and oxygen atoms in total. The number of nitrogens with zero attached hydrogens (tertiary/aromatic N) is 2. The van der Waals surface area contributed by atoms with Crippen molar-refractivity contribution >= 4 is 18.0 Å². The summed E-state index contributed by atoms with van der Waals surface area (Å²) in [5.41, 5.74) is 2.45. The normalized spacial score (nSPS) is 12.4. The van der Waals surface area contributed by atoms with Crippen LogP contribution < -0.4 is 0 Å². The Morgan fingerprint density at radius 2 is 1.55 bits per heavy atom. The van der Waals surface area contributed by atoms with Gasteiger partial charge in [-0.25, -0.2) is 13.8 Å². The van der Waals surface area contributed by atoms with E-state index in [1.54, 1.807) is 35.0 Å². The van der Waals surface area contributed by atoms with Crippen LogP contribution >= 0.6 is 0 Å². The molecule has 0 radical (unpaired) electrons. The van der Waals surface area contributed by atoms with Crippen molar-refractivity contribution in [2.24, 2.45) is 0 Å². The Bertz CT molecular complexity index is 1170. The van der Waals surface area contributed by atoms with Gasteiger partial charge in [-0.15, -0.1) is 0 Å². The van der Waals surface area contributed by atoms with Crippen molar-refractivity contribution in [3.8, 4) is 22.5 Å². The first-order valence-corrected chi connectivity index (χ1v) is 10.4. The summed E-state index contributed by atoms with van der Waals surface area (Å²) in [5.74, 6) is -2.06. The van der Waals surface area contributed by atoms with E-state index in [4.69, 9.17) is 10.1 Å². The number of halogens is 2. The second-order valence-corrected chi connectivity index (χ2v) is 7.93. The van der Waals surface area contributed by atoms with Crippen LogP contribution in [0.15, 0.2) is 54.6 Å². The number of imidazole rings is 1. The minimum atomic E-state index is -1.25. The second kappa shape index (κ2) is 10.3. The molecule has 172 valence electrons. The fourth-order valence-electron chi connectivity index (χ4n) is 3.43. The molecule has 1 atom stereocenters. The lowest BCUT2D eigenvalue weighted by Crippen LogP contribution is -2.14. The molecule has 2 N–H and O–H groups in total. The number of hydrogen-bond donors (Lipinski definition) is 2. The van der Waals surface area contributed by atoms with Crippen LogP contribution in [-0.4, -0.2) is 37.6 Å². The molecule has 3 aromatic rings. The van der Waals surface area contributed by atoms with Crippen molar-refractivity contribution < 1.29 is 28.6 Å². The van der Waals surface area contributed by atoms with E-state index in [0.717, 1.165) is 0 Å². The van der Waals surface area contributed by atoms with Gasteiger partial charge in [-0.1, -0.05) is 13.8 Å². The van der Waals surface area contributed by atoms with Crippen LogP contribution in [0, 0.1) is 11.6 Å². The van der Waals surface area contributed by atoms with E-state index in [1.807, 2.05) is 13.8 Å². The number of carbonyl (C=O) groups excluding carboxylic acids is 1. The average molecular weight is 454 g/mol. The van der Waals surface area contributed by atoms with Gasteiger partial charge in [0.25, 0.3) is 0 Å². The third kappa shape index (κ3) is 5.98. The van der Waals surface area contributed by atoms with Crippen molar-refractivity contribution in [1.82, 2.24) is 9.55 Å². The lowest BCUT2D eigenvalue weighted by atomic mass is 10.0. The third-order valence-electron chi connectivity index (χ3n) is 4.93. The zero-order valence-corrected chi connectivity index (χ0v) is 18.2. The summed E-state index contributed by atoms with van der Waals surface area (Å²) < 4.78 is 28.8. The summed E-state index contributed by atoms with van der Waals surface area (Å²) in [6, 6.07) is 11.7. The standard InChI is InChI=1S/C25H24F2N2O4/c1-15(2)25-28-23(16-3-7-18(26)8-4-16)24(17-5-9-19(27)10-6-17)29(25)12-11-20(30)13-21(31)14-22(32)33/h3-12,15,20,30H,13-14H2,1-2H3,(H,32,33)/b12-11+. The SMILES string of the molecule is CC(C)c1nc(-c2ccc(F)cc2)c(-c2ccc(F)cc2)n1/C=C/C(O)CC(=O)CC(=O)O. The molecule has 8 heteroatoms. The number of carboxylic acid groups (broad SMARTS) is 1. The summed E-state index contributed by atoms with van der Waals surface area (Å²) in [7, 11) is 0. The predicted molar refractivity (Wildman–Crippen MR) is 120 cm³/mol. The smallest absolute Gasteiger partial charge is 0.310 e. The fraction of sp³-hybridized carbons (Fsp3) is 0.240. The lowest BCUT2D eigenvalue weighted by Gasteiger charge is -2.12. The summed E-state index contributed by atoms with van der Waals surface area (Å²) in [5, 5.41) is 19.0. The first-order chi connectivity index (χ1) is 15.7. The Balaban J connectivity index is 2.10. The average Bonchev–Trinajstić information content (AvgIpc) is 3.12. The minimum Gasteiger partial charge on any atom is -0.481 e. The van der Waals surface area contributed by atoms with E-state index in [9.17, 15) is 23.5 Å². The van der Waals surface area contributed by atoms with Crippen molar-refractivity contribution in [1.29, 1.82) is 0 Å². The fourth-order valence-corrected chi connectivity index (χ4v) is 3.43. The van der Waals surface area contributed by atoms with Crippen molar-refractivity contribution in [3.05, 3.63) is 72.1 Å². The number of hydrogen-bond acceptors (Lipinski definition) is 4. The number of aliphatic carboxylic acids is 1. The van der Waals surface area contributed by atoms with E-state index >= 15 is 0 Å². The van der Waals surface area contributed by atoms with Gasteiger partial charge in [0, 0.05) is 29.7 Å². The largest absolute Gasteiger partial charge is 0.481 e. The first kappa shape index (κ1) is 24.0.